The fraction of sp³-hybridized carbons (Fsp3) is 0.333. The third-order valence-electron chi connectivity index (χ3n) is 2.38. The first kappa shape index (κ1) is 13.8. The van der Waals surface area contributed by atoms with Gasteiger partial charge in [-0.3, -0.25) is 4.79 Å². The molecule has 6 nitrogen and oxygen atoms in total. The van der Waals surface area contributed by atoms with Gasteiger partial charge < -0.3 is 21.5 Å². The van der Waals surface area contributed by atoms with E-state index >= 15 is 0 Å². The van der Waals surface area contributed by atoms with Crippen LogP contribution in [0.25, 0.3) is 0 Å². The van der Waals surface area contributed by atoms with Crippen molar-refractivity contribution in [2.75, 3.05) is 17.7 Å². The average molecular weight is 251 g/mol. The van der Waals surface area contributed by atoms with Gasteiger partial charge in [-0.05, 0) is 26.0 Å². The Bertz CT molecular complexity index is 460. The number of para-hydroxylation sites is 1. The molecule has 0 spiro atoms. The maximum absolute atomic E-state index is 11.7. The second-order valence-corrected chi connectivity index (χ2v) is 3.76. The number of hydrogen-bond acceptors (Lipinski definition) is 5. The lowest BCUT2D eigenvalue weighted by molar-refractivity contribution is -0.118. The van der Waals surface area contributed by atoms with Crippen LogP contribution >= 0.6 is 0 Å². The molecule has 98 valence electrons. The number of nitrogens with two attached hydrogens (primary N) is 2. The molecule has 0 heterocycles. The summed E-state index contributed by atoms with van der Waals surface area (Å²) in [6.07, 6.45) is 0. The van der Waals surface area contributed by atoms with Crippen LogP contribution in [0.15, 0.2) is 18.2 Å². The van der Waals surface area contributed by atoms with Crippen molar-refractivity contribution in [3.8, 4) is 0 Å². The van der Waals surface area contributed by atoms with Crippen LogP contribution in [0, 0.1) is 0 Å². The molecular formula is C12H17N3O3. The molecule has 1 aromatic rings. The number of carbonyl (C=O) groups is 2. The largest absolute Gasteiger partial charge is 0.462 e. The highest BCUT2D eigenvalue weighted by atomic mass is 16.5. The summed E-state index contributed by atoms with van der Waals surface area (Å²) in [5, 5.41) is 2.82. The van der Waals surface area contributed by atoms with Crippen molar-refractivity contribution >= 4 is 23.3 Å². The van der Waals surface area contributed by atoms with Gasteiger partial charge in [0, 0.05) is 0 Å². The summed E-state index contributed by atoms with van der Waals surface area (Å²) in [4.78, 5) is 22.8. The molecule has 1 rings (SSSR count). The fourth-order valence-corrected chi connectivity index (χ4v) is 1.40. The number of amides is 1. The van der Waals surface area contributed by atoms with Crippen LogP contribution in [0.1, 0.15) is 24.2 Å². The maximum Gasteiger partial charge on any atom is 0.340 e. The van der Waals surface area contributed by atoms with E-state index in [1.54, 1.807) is 32.0 Å². The molecule has 0 aliphatic carbocycles. The normalized spacial score (nSPS) is 11.7. The van der Waals surface area contributed by atoms with E-state index in [1.807, 2.05) is 0 Å². The zero-order valence-electron chi connectivity index (χ0n) is 10.4. The van der Waals surface area contributed by atoms with Crippen molar-refractivity contribution in [2.24, 2.45) is 5.73 Å². The van der Waals surface area contributed by atoms with E-state index in [0.29, 0.717) is 11.4 Å². The lowest BCUT2D eigenvalue weighted by atomic mass is 10.1. The van der Waals surface area contributed by atoms with E-state index in [4.69, 9.17) is 16.2 Å². The summed E-state index contributed by atoms with van der Waals surface area (Å²) in [5.74, 6) is -1.03. The minimum Gasteiger partial charge on any atom is -0.462 e. The predicted octanol–water partition coefficient (Wildman–Crippen LogP) is 0.731. The van der Waals surface area contributed by atoms with Gasteiger partial charge in [-0.15, -0.1) is 0 Å². The third-order valence-corrected chi connectivity index (χ3v) is 2.38. The van der Waals surface area contributed by atoms with Gasteiger partial charge in [0.25, 0.3) is 0 Å². The molecule has 0 saturated carbocycles. The van der Waals surface area contributed by atoms with E-state index in [0.717, 1.165) is 0 Å². The molecule has 6 heteroatoms. The molecule has 1 unspecified atom stereocenters. The first-order valence-electron chi connectivity index (χ1n) is 5.58. The van der Waals surface area contributed by atoms with Crippen LogP contribution in [0.4, 0.5) is 11.4 Å². The number of nitrogens with one attached hydrogen (secondary N) is 1. The number of esters is 1. The van der Waals surface area contributed by atoms with Gasteiger partial charge in [-0.1, -0.05) is 6.07 Å². The van der Waals surface area contributed by atoms with Gasteiger partial charge in [0.05, 0.1) is 23.5 Å². The van der Waals surface area contributed by atoms with Crippen LogP contribution in [-0.2, 0) is 9.53 Å². The number of nitrogen functional groups attached to an aromatic ring is 1. The van der Waals surface area contributed by atoms with Crippen LogP contribution in [0.2, 0.25) is 0 Å². The van der Waals surface area contributed by atoms with E-state index in [9.17, 15) is 9.59 Å². The highest BCUT2D eigenvalue weighted by Crippen LogP contribution is 2.25. The van der Waals surface area contributed by atoms with Crippen molar-refractivity contribution in [1.82, 2.24) is 0 Å². The molecule has 1 amide bonds. The summed E-state index contributed by atoms with van der Waals surface area (Å²) >= 11 is 0. The Balaban J connectivity index is 3.08. The molecule has 1 aromatic carbocycles. The van der Waals surface area contributed by atoms with Crippen molar-refractivity contribution in [3.63, 3.8) is 0 Å². The number of carbonyl (C=O) groups excluding carboxylic acids is 2. The molecule has 1 atom stereocenters. The summed E-state index contributed by atoms with van der Waals surface area (Å²) in [6.45, 7) is 3.56. The van der Waals surface area contributed by atoms with E-state index in [2.05, 4.69) is 5.32 Å². The van der Waals surface area contributed by atoms with Crippen molar-refractivity contribution in [1.29, 1.82) is 0 Å². The second-order valence-electron chi connectivity index (χ2n) is 3.76. The first-order chi connectivity index (χ1) is 8.47. The zero-order valence-corrected chi connectivity index (χ0v) is 10.4. The summed E-state index contributed by atoms with van der Waals surface area (Å²) in [7, 11) is 0. The Kier molecular flexibility index (Phi) is 4.53. The molecule has 0 aliphatic heterocycles. The molecule has 0 radical (unpaired) electrons. The van der Waals surface area contributed by atoms with Gasteiger partial charge in [0.1, 0.15) is 6.04 Å². The summed E-state index contributed by atoms with van der Waals surface area (Å²) in [6, 6.07) is 4.20. The summed E-state index contributed by atoms with van der Waals surface area (Å²) in [5.41, 5.74) is 11.9. The minimum absolute atomic E-state index is 0.262. The van der Waals surface area contributed by atoms with E-state index < -0.39 is 17.9 Å². The van der Waals surface area contributed by atoms with E-state index in [-0.39, 0.29) is 12.2 Å². The van der Waals surface area contributed by atoms with Crippen LogP contribution in [0.5, 0.6) is 0 Å². The molecule has 0 saturated heterocycles. The minimum atomic E-state index is -0.636. The average Bonchev–Trinajstić information content (AvgIpc) is 2.31. The predicted molar refractivity (Wildman–Crippen MR) is 69.1 cm³/mol. The van der Waals surface area contributed by atoms with Crippen molar-refractivity contribution in [2.45, 2.75) is 19.9 Å². The Morgan fingerprint density at radius 2 is 2.11 bits per heavy atom. The van der Waals surface area contributed by atoms with Gasteiger partial charge in [0.15, 0.2) is 0 Å². The number of hydrogen-bond donors (Lipinski definition) is 3. The number of rotatable bonds is 5. The molecule has 5 N–H and O–H groups in total. The SMILES string of the molecule is CCOC(=O)c1cccc(N)c1NC(C)C(N)=O. The van der Waals surface area contributed by atoms with Crippen molar-refractivity contribution in [3.05, 3.63) is 23.8 Å². The quantitative estimate of drug-likeness (QED) is 0.528. The number of primary amides is 1. The zero-order chi connectivity index (χ0) is 13.7. The van der Waals surface area contributed by atoms with Crippen LogP contribution in [-0.4, -0.2) is 24.5 Å². The summed E-state index contributed by atoms with van der Waals surface area (Å²) < 4.78 is 4.91. The number of anilines is 2. The standard InChI is InChI=1S/C12H17N3O3/c1-3-18-12(17)8-5-4-6-9(13)10(8)15-7(2)11(14)16/h4-7,15H,3,13H2,1-2H3,(H2,14,16). The third kappa shape index (κ3) is 3.13. The molecule has 18 heavy (non-hydrogen) atoms. The van der Waals surface area contributed by atoms with Crippen molar-refractivity contribution < 1.29 is 14.3 Å². The first-order valence-corrected chi connectivity index (χ1v) is 5.58. The van der Waals surface area contributed by atoms with E-state index in [1.165, 1.54) is 0 Å². The fourth-order valence-electron chi connectivity index (χ4n) is 1.40. The topological polar surface area (TPSA) is 107 Å². The molecule has 0 aliphatic rings. The number of ether oxygens (including phenoxy) is 1. The Morgan fingerprint density at radius 3 is 2.67 bits per heavy atom. The Morgan fingerprint density at radius 1 is 1.44 bits per heavy atom. The molecule has 0 bridgehead atoms. The highest BCUT2D eigenvalue weighted by Gasteiger charge is 2.18. The van der Waals surface area contributed by atoms with Crippen LogP contribution in [0.3, 0.4) is 0 Å². The molecule has 0 aromatic heterocycles. The van der Waals surface area contributed by atoms with Gasteiger partial charge in [0.2, 0.25) is 5.91 Å². The van der Waals surface area contributed by atoms with Gasteiger partial charge in [-0.2, -0.15) is 0 Å². The Hall–Kier alpha value is -2.24. The van der Waals surface area contributed by atoms with Gasteiger partial charge in [-0.25, -0.2) is 4.79 Å². The molecule has 0 fully saturated rings. The lowest BCUT2D eigenvalue weighted by Crippen LogP contribution is -2.33. The monoisotopic (exact) mass is 251 g/mol. The second kappa shape index (κ2) is 5.90. The van der Waals surface area contributed by atoms with Gasteiger partial charge >= 0.3 is 5.97 Å². The molecular weight excluding hydrogens is 234 g/mol. The Labute approximate surface area is 105 Å². The maximum atomic E-state index is 11.7. The highest BCUT2D eigenvalue weighted by molar-refractivity contribution is 5.99. The number of benzene rings is 1. The van der Waals surface area contributed by atoms with Crippen LogP contribution < -0.4 is 16.8 Å². The lowest BCUT2D eigenvalue weighted by Gasteiger charge is -2.16. The smallest absolute Gasteiger partial charge is 0.340 e.